The van der Waals surface area contributed by atoms with E-state index in [1.54, 1.807) is 29.2 Å². The highest BCUT2D eigenvalue weighted by Crippen LogP contribution is 2.40. The van der Waals surface area contributed by atoms with Gasteiger partial charge in [0.25, 0.3) is 11.7 Å². The monoisotopic (exact) mass is 534 g/mol. The topological polar surface area (TPSA) is 73.4 Å². The number of para-hydroxylation sites is 1. The number of carbonyl (C=O) groups is 2. The number of amides is 1. The SMILES string of the molecule is O=C1C(=O)N(CCc2c[nH]c3ccccc23)[C@H](c2ccc(Br)cc2)C1=C(O)c1ccc(Cl)cc1. The van der Waals surface area contributed by atoms with Crippen LogP contribution in [0.4, 0.5) is 0 Å². The number of aromatic amines is 1. The number of halogens is 2. The van der Waals surface area contributed by atoms with Crippen molar-refractivity contribution in [2.75, 3.05) is 6.54 Å². The van der Waals surface area contributed by atoms with Gasteiger partial charge in [-0.1, -0.05) is 57.9 Å². The summed E-state index contributed by atoms with van der Waals surface area (Å²) in [5.41, 5.74) is 3.34. The molecular formula is C27H20BrClN2O3. The molecule has 5 nitrogen and oxygen atoms in total. The molecule has 1 amide bonds. The van der Waals surface area contributed by atoms with Gasteiger partial charge in [0.2, 0.25) is 0 Å². The Labute approximate surface area is 209 Å². The Balaban J connectivity index is 1.56. The Kier molecular flexibility index (Phi) is 6.02. The van der Waals surface area contributed by atoms with Gasteiger partial charge in [-0.05, 0) is 60.0 Å². The van der Waals surface area contributed by atoms with Crippen LogP contribution in [0.5, 0.6) is 0 Å². The number of Topliss-reactive ketones (excluding diaryl/α,β-unsaturated/α-hetero) is 1. The van der Waals surface area contributed by atoms with E-state index in [9.17, 15) is 14.7 Å². The average molecular weight is 536 g/mol. The number of aliphatic hydroxyl groups is 1. The van der Waals surface area contributed by atoms with Crippen LogP contribution in [0.2, 0.25) is 5.02 Å². The highest BCUT2D eigenvalue weighted by atomic mass is 79.9. The minimum absolute atomic E-state index is 0.0774. The first-order valence-electron chi connectivity index (χ1n) is 10.8. The molecule has 0 aliphatic carbocycles. The number of H-pyrrole nitrogens is 1. The van der Waals surface area contributed by atoms with E-state index in [0.29, 0.717) is 23.6 Å². The predicted octanol–water partition coefficient (Wildman–Crippen LogP) is 6.25. The van der Waals surface area contributed by atoms with Crippen LogP contribution in [0.15, 0.2) is 89.0 Å². The zero-order valence-corrected chi connectivity index (χ0v) is 20.3. The summed E-state index contributed by atoms with van der Waals surface area (Å²) in [6.45, 7) is 0.324. The molecule has 4 aromatic rings. The fraction of sp³-hybridized carbons (Fsp3) is 0.111. The first-order valence-corrected chi connectivity index (χ1v) is 12.0. The second-order valence-electron chi connectivity index (χ2n) is 8.16. The molecule has 34 heavy (non-hydrogen) atoms. The first-order chi connectivity index (χ1) is 16.4. The highest BCUT2D eigenvalue weighted by Gasteiger charge is 2.45. The maximum atomic E-state index is 13.2. The second-order valence-corrected chi connectivity index (χ2v) is 9.51. The molecule has 1 fully saturated rings. The van der Waals surface area contributed by atoms with Gasteiger partial charge < -0.3 is 15.0 Å². The minimum atomic E-state index is -0.700. The molecule has 0 bridgehead atoms. The van der Waals surface area contributed by atoms with Gasteiger partial charge in [-0.2, -0.15) is 0 Å². The van der Waals surface area contributed by atoms with Crippen molar-refractivity contribution in [2.45, 2.75) is 12.5 Å². The lowest BCUT2D eigenvalue weighted by atomic mass is 9.95. The molecule has 0 radical (unpaired) electrons. The lowest BCUT2D eigenvalue weighted by molar-refractivity contribution is -0.139. The van der Waals surface area contributed by atoms with Crippen LogP contribution < -0.4 is 0 Å². The third-order valence-corrected chi connectivity index (χ3v) is 6.92. The van der Waals surface area contributed by atoms with Crippen molar-refractivity contribution in [3.05, 3.63) is 111 Å². The molecule has 0 spiro atoms. The Hall–Kier alpha value is -3.35. The number of hydrogen-bond donors (Lipinski definition) is 2. The van der Waals surface area contributed by atoms with Crippen LogP contribution >= 0.6 is 27.5 Å². The zero-order chi connectivity index (χ0) is 23.8. The maximum absolute atomic E-state index is 13.2. The van der Waals surface area contributed by atoms with Gasteiger partial charge in [0.05, 0.1) is 11.6 Å². The molecule has 2 heterocycles. The van der Waals surface area contributed by atoms with E-state index in [1.165, 1.54) is 0 Å². The minimum Gasteiger partial charge on any atom is -0.507 e. The molecule has 3 aromatic carbocycles. The summed E-state index contributed by atoms with van der Waals surface area (Å²) < 4.78 is 0.879. The van der Waals surface area contributed by atoms with Crippen LogP contribution in [0, 0.1) is 0 Å². The number of carbonyl (C=O) groups excluding carboxylic acids is 2. The van der Waals surface area contributed by atoms with Crippen molar-refractivity contribution in [2.24, 2.45) is 0 Å². The molecule has 1 aromatic heterocycles. The van der Waals surface area contributed by atoms with Crippen molar-refractivity contribution in [1.82, 2.24) is 9.88 Å². The van der Waals surface area contributed by atoms with Gasteiger partial charge in [0.1, 0.15) is 5.76 Å². The van der Waals surface area contributed by atoms with Crippen LogP contribution in [-0.4, -0.2) is 33.2 Å². The van der Waals surface area contributed by atoms with Crippen molar-refractivity contribution < 1.29 is 14.7 Å². The average Bonchev–Trinajstić information content (AvgIpc) is 3.37. The van der Waals surface area contributed by atoms with Gasteiger partial charge in [0.15, 0.2) is 0 Å². The van der Waals surface area contributed by atoms with Crippen molar-refractivity contribution in [3.63, 3.8) is 0 Å². The smallest absolute Gasteiger partial charge is 0.295 e. The molecular weight excluding hydrogens is 516 g/mol. The van der Waals surface area contributed by atoms with Gasteiger partial charge in [-0.3, -0.25) is 9.59 Å². The number of nitrogens with zero attached hydrogens (tertiary/aromatic N) is 1. The summed E-state index contributed by atoms with van der Waals surface area (Å²) in [7, 11) is 0. The van der Waals surface area contributed by atoms with Crippen molar-refractivity contribution in [3.8, 4) is 0 Å². The molecule has 7 heteroatoms. The lowest BCUT2D eigenvalue weighted by Crippen LogP contribution is -2.31. The summed E-state index contributed by atoms with van der Waals surface area (Å²) in [5, 5.41) is 12.7. The van der Waals surface area contributed by atoms with Gasteiger partial charge in [0, 0.05) is 38.7 Å². The molecule has 1 atom stereocenters. The molecule has 1 aliphatic heterocycles. The Morgan fingerprint density at radius 3 is 2.44 bits per heavy atom. The maximum Gasteiger partial charge on any atom is 0.295 e. The van der Waals surface area contributed by atoms with E-state index in [1.807, 2.05) is 54.7 Å². The molecule has 5 rings (SSSR count). The van der Waals surface area contributed by atoms with Crippen LogP contribution in [-0.2, 0) is 16.0 Å². The molecule has 1 saturated heterocycles. The number of benzene rings is 3. The van der Waals surface area contributed by atoms with Crippen molar-refractivity contribution in [1.29, 1.82) is 0 Å². The largest absolute Gasteiger partial charge is 0.507 e. The Bertz CT molecular complexity index is 1420. The van der Waals surface area contributed by atoms with Crippen LogP contribution in [0.25, 0.3) is 16.7 Å². The van der Waals surface area contributed by atoms with E-state index in [0.717, 1.165) is 26.5 Å². The second kappa shape index (κ2) is 9.12. The number of aromatic nitrogens is 1. The van der Waals surface area contributed by atoms with E-state index < -0.39 is 17.7 Å². The molecule has 1 aliphatic rings. The summed E-state index contributed by atoms with van der Waals surface area (Å²) in [6.07, 6.45) is 2.49. The zero-order valence-electron chi connectivity index (χ0n) is 18.0. The van der Waals surface area contributed by atoms with Gasteiger partial charge >= 0.3 is 0 Å². The third-order valence-electron chi connectivity index (χ3n) is 6.14. The van der Waals surface area contributed by atoms with Crippen LogP contribution in [0.1, 0.15) is 22.7 Å². The first kappa shape index (κ1) is 22.4. The van der Waals surface area contributed by atoms with E-state index in [-0.39, 0.29) is 11.3 Å². The highest BCUT2D eigenvalue weighted by molar-refractivity contribution is 9.10. The van der Waals surface area contributed by atoms with Crippen LogP contribution in [0.3, 0.4) is 0 Å². The molecule has 170 valence electrons. The lowest BCUT2D eigenvalue weighted by Gasteiger charge is -2.25. The normalized spacial score (nSPS) is 17.6. The third kappa shape index (κ3) is 4.04. The van der Waals surface area contributed by atoms with Gasteiger partial charge in [-0.15, -0.1) is 0 Å². The van der Waals surface area contributed by atoms with Gasteiger partial charge in [-0.25, -0.2) is 0 Å². The number of ketones is 1. The number of nitrogens with one attached hydrogen (secondary N) is 1. The Morgan fingerprint density at radius 1 is 1.00 bits per heavy atom. The Morgan fingerprint density at radius 2 is 1.71 bits per heavy atom. The summed E-state index contributed by atoms with van der Waals surface area (Å²) in [5.74, 6) is -1.53. The van der Waals surface area contributed by atoms with E-state index in [4.69, 9.17) is 11.6 Å². The summed E-state index contributed by atoms with van der Waals surface area (Å²) >= 11 is 9.42. The van der Waals surface area contributed by atoms with E-state index in [2.05, 4.69) is 20.9 Å². The number of rotatable bonds is 5. The molecule has 2 N–H and O–H groups in total. The van der Waals surface area contributed by atoms with Crippen molar-refractivity contribution >= 4 is 55.9 Å². The molecule has 0 unspecified atom stereocenters. The number of aliphatic hydroxyl groups excluding tert-OH is 1. The number of likely N-dealkylation sites (tertiary alicyclic amines) is 1. The standard InChI is InChI=1S/C27H20BrClN2O3/c28-19-9-5-16(6-10-19)24-23(25(32)17-7-11-20(29)12-8-17)26(33)27(34)31(24)14-13-18-15-30-22-4-2-1-3-21(18)22/h1-12,15,24,30,32H,13-14H2/t24-/m1/s1. The fourth-order valence-electron chi connectivity index (χ4n) is 4.44. The number of hydrogen-bond acceptors (Lipinski definition) is 3. The van der Waals surface area contributed by atoms with E-state index >= 15 is 0 Å². The number of fused-ring (bicyclic) bond motifs is 1. The summed E-state index contributed by atoms with van der Waals surface area (Å²) in [6, 6.07) is 21.2. The summed E-state index contributed by atoms with van der Waals surface area (Å²) in [4.78, 5) is 31.1. The fourth-order valence-corrected chi connectivity index (χ4v) is 4.84. The quantitative estimate of drug-likeness (QED) is 0.180. The molecule has 0 saturated carbocycles. The predicted molar refractivity (Wildman–Crippen MR) is 137 cm³/mol.